The van der Waals surface area contributed by atoms with Gasteiger partial charge in [0, 0.05) is 0 Å². The minimum atomic E-state index is -3.67. The van der Waals surface area contributed by atoms with Crippen LogP contribution in [0.2, 0.25) is 5.02 Å². The van der Waals surface area contributed by atoms with Crippen LogP contribution in [0.15, 0.2) is 29.2 Å². The van der Waals surface area contributed by atoms with Crippen LogP contribution in [0.5, 0.6) is 0 Å². The highest BCUT2D eigenvalue weighted by molar-refractivity contribution is 7.89. The molecule has 6 heteroatoms. The van der Waals surface area contributed by atoms with Crippen molar-refractivity contribution in [2.24, 2.45) is 0 Å². The number of nitrogens with zero attached hydrogens (tertiary/aromatic N) is 2. The molecule has 4 nitrogen and oxygen atoms in total. The van der Waals surface area contributed by atoms with Crippen molar-refractivity contribution in [2.45, 2.75) is 25.7 Å². The summed E-state index contributed by atoms with van der Waals surface area (Å²) >= 11 is 5.97. The first-order valence-corrected chi connectivity index (χ1v) is 7.20. The van der Waals surface area contributed by atoms with Gasteiger partial charge >= 0.3 is 0 Å². The Kier molecular flexibility index (Phi) is 3.21. The monoisotopic (exact) mass is 284 g/mol. The van der Waals surface area contributed by atoms with Gasteiger partial charge in [-0.05, 0) is 32.9 Å². The first-order valence-electron chi connectivity index (χ1n) is 5.38. The summed E-state index contributed by atoms with van der Waals surface area (Å²) in [5.74, 6) is 0. The highest BCUT2D eigenvalue weighted by atomic mass is 35.5. The molecule has 1 heterocycles. The molecule has 0 saturated heterocycles. The summed E-state index contributed by atoms with van der Waals surface area (Å²) < 4.78 is 25.7. The molecule has 0 aliphatic carbocycles. The number of rotatable bonds is 2. The van der Waals surface area contributed by atoms with E-state index in [4.69, 9.17) is 11.6 Å². The second-order valence-electron chi connectivity index (χ2n) is 4.15. The smallest absolute Gasteiger partial charge is 0.199 e. The Morgan fingerprint density at radius 3 is 2.11 bits per heavy atom. The lowest BCUT2D eigenvalue weighted by Gasteiger charge is -2.06. The maximum absolute atomic E-state index is 12.4. The van der Waals surface area contributed by atoms with Gasteiger partial charge in [0.2, 0.25) is 0 Å². The molecule has 18 heavy (non-hydrogen) atoms. The van der Waals surface area contributed by atoms with Crippen LogP contribution in [-0.4, -0.2) is 17.6 Å². The molecule has 2 rings (SSSR count). The van der Waals surface area contributed by atoms with Crippen molar-refractivity contribution in [3.05, 3.63) is 46.2 Å². The van der Waals surface area contributed by atoms with E-state index in [0.717, 1.165) is 9.65 Å². The van der Waals surface area contributed by atoms with Gasteiger partial charge in [-0.25, -0.2) is 0 Å². The zero-order valence-electron chi connectivity index (χ0n) is 10.3. The van der Waals surface area contributed by atoms with Crippen molar-refractivity contribution in [1.29, 1.82) is 0 Å². The number of halogens is 1. The number of hydrogen-bond acceptors (Lipinski definition) is 3. The molecule has 0 aliphatic rings. The Hall–Kier alpha value is -1.33. The fourth-order valence-electron chi connectivity index (χ4n) is 1.65. The SMILES string of the molecule is Cc1ccc(S(=O)(=O)n2nc(C)c(Cl)c2C)cc1. The van der Waals surface area contributed by atoms with Gasteiger partial charge in [0.05, 0.1) is 21.3 Å². The molecule has 1 aromatic carbocycles. The van der Waals surface area contributed by atoms with Crippen LogP contribution in [0.1, 0.15) is 17.0 Å². The maximum atomic E-state index is 12.4. The molecule has 0 N–H and O–H groups in total. The molecular formula is C12H13ClN2O2S. The molecule has 2 aromatic rings. The zero-order valence-corrected chi connectivity index (χ0v) is 11.9. The van der Waals surface area contributed by atoms with Gasteiger partial charge in [-0.15, -0.1) is 0 Å². The molecule has 0 amide bonds. The third-order valence-corrected chi connectivity index (χ3v) is 4.94. The lowest BCUT2D eigenvalue weighted by Crippen LogP contribution is -2.16. The molecule has 1 aromatic heterocycles. The molecule has 0 fully saturated rings. The average Bonchev–Trinajstić information content (AvgIpc) is 2.58. The Morgan fingerprint density at radius 2 is 1.67 bits per heavy atom. The topological polar surface area (TPSA) is 52.0 Å². The van der Waals surface area contributed by atoms with Gasteiger partial charge in [-0.3, -0.25) is 0 Å². The van der Waals surface area contributed by atoms with Gasteiger partial charge < -0.3 is 0 Å². The highest BCUT2D eigenvalue weighted by Gasteiger charge is 2.22. The molecule has 0 aliphatic heterocycles. The van der Waals surface area contributed by atoms with Crippen molar-refractivity contribution in [2.75, 3.05) is 0 Å². The van der Waals surface area contributed by atoms with Crippen LogP contribution in [0, 0.1) is 20.8 Å². The largest absolute Gasteiger partial charge is 0.283 e. The predicted molar refractivity (Wildman–Crippen MR) is 70.5 cm³/mol. The molecule has 0 radical (unpaired) electrons. The average molecular weight is 285 g/mol. The van der Waals surface area contributed by atoms with Crippen molar-refractivity contribution < 1.29 is 8.42 Å². The molecule has 0 atom stereocenters. The molecule has 0 spiro atoms. The van der Waals surface area contributed by atoms with E-state index in [1.165, 1.54) is 0 Å². The van der Waals surface area contributed by atoms with Gasteiger partial charge in [0.1, 0.15) is 0 Å². The Morgan fingerprint density at radius 1 is 1.11 bits per heavy atom. The molecule has 96 valence electrons. The molecular weight excluding hydrogens is 272 g/mol. The third-order valence-electron chi connectivity index (χ3n) is 2.71. The first kappa shape index (κ1) is 13.1. The van der Waals surface area contributed by atoms with Crippen LogP contribution in [0.25, 0.3) is 0 Å². The van der Waals surface area contributed by atoms with Gasteiger partial charge in [0.15, 0.2) is 0 Å². The van der Waals surface area contributed by atoms with Crippen molar-refractivity contribution in [1.82, 2.24) is 9.19 Å². The van der Waals surface area contributed by atoms with E-state index in [9.17, 15) is 8.42 Å². The van der Waals surface area contributed by atoms with Crippen LogP contribution in [0.4, 0.5) is 0 Å². The summed E-state index contributed by atoms with van der Waals surface area (Å²) in [6.45, 7) is 5.21. The molecule has 0 saturated carbocycles. The van der Waals surface area contributed by atoms with E-state index in [0.29, 0.717) is 16.4 Å². The summed E-state index contributed by atoms with van der Waals surface area (Å²) in [4.78, 5) is 0.204. The normalized spacial score (nSPS) is 11.8. The Labute approximate surface area is 111 Å². The second-order valence-corrected chi connectivity index (χ2v) is 6.29. The van der Waals surface area contributed by atoms with Crippen LogP contribution < -0.4 is 0 Å². The van der Waals surface area contributed by atoms with Crippen molar-refractivity contribution >= 4 is 21.6 Å². The fourth-order valence-corrected chi connectivity index (χ4v) is 3.17. The van der Waals surface area contributed by atoms with Gasteiger partial charge in [-0.2, -0.15) is 17.6 Å². The van der Waals surface area contributed by atoms with Crippen LogP contribution in [-0.2, 0) is 10.0 Å². The van der Waals surface area contributed by atoms with Crippen molar-refractivity contribution in [3.8, 4) is 0 Å². The van der Waals surface area contributed by atoms with E-state index < -0.39 is 10.0 Å². The number of benzene rings is 1. The Bertz CT molecular complexity index is 688. The van der Waals surface area contributed by atoms with Crippen LogP contribution in [0.3, 0.4) is 0 Å². The maximum Gasteiger partial charge on any atom is 0.283 e. The number of hydrogen-bond donors (Lipinski definition) is 0. The zero-order chi connectivity index (χ0) is 13.5. The first-order chi connectivity index (χ1) is 8.34. The minimum absolute atomic E-state index is 0.204. The second kappa shape index (κ2) is 4.40. The van der Waals surface area contributed by atoms with E-state index in [1.807, 2.05) is 6.92 Å². The van der Waals surface area contributed by atoms with Gasteiger partial charge in [-0.1, -0.05) is 29.3 Å². The summed E-state index contributed by atoms with van der Waals surface area (Å²) in [7, 11) is -3.67. The fraction of sp³-hybridized carbons (Fsp3) is 0.250. The van der Waals surface area contributed by atoms with Gasteiger partial charge in [0.25, 0.3) is 10.0 Å². The highest BCUT2D eigenvalue weighted by Crippen LogP contribution is 2.23. The standard InChI is InChI=1S/C12H13ClN2O2S/c1-8-4-6-11(7-5-8)18(16,17)15-10(3)12(13)9(2)14-15/h4-7H,1-3H3. The lowest BCUT2D eigenvalue weighted by atomic mass is 10.2. The summed E-state index contributed by atoms with van der Waals surface area (Å²) in [6.07, 6.45) is 0. The number of aryl methyl sites for hydroxylation is 2. The molecule has 0 bridgehead atoms. The quantitative estimate of drug-likeness (QED) is 0.852. The lowest BCUT2D eigenvalue weighted by molar-refractivity contribution is 0.578. The van der Waals surface area contributed by atoms with E-state index in [-0.39, 0.29) is 4.90 Å². The number of aromatic nitrogens is 2. The van der Waals surface area contributed by atoms with E-state index >= 15 is 0 Å². The third kappa shape index (κ3) is 2.04. The molecule has 0 unspecified atom stereocenters. The van der Waals surface area contributed by atoms with Crippen molar-refractivity contribution in [3.63, 3.8) is 0 Å². The predicted octanol–water partition coefficient (Wildman–Crippen LogP) is 2.70. The summed E-state index contributed by atoms with van der Waals surface area (Å²) in [6, 6.07) is 6.63. The summed E-state index contributed by atoms with van der Waals surface area (Å²) in [5, 5.41) is 4.36. The summed E-state index contributed by atoms with van der Waals surface area (Å²) in [5.41, 5.74) is 1.93. The Balaban J connectivity index is 2.61. The van der Waals surface area contributed by atoms with Crippen LogP contribution >= 0.6 is 11.6 Å². The van der Waals surface area contributed by atoms with E-state index in [1.54, 1.807) is 38.1 Å². The van der Waals surface area contributed by atoms with E-state index in [2.05, 4.69) is 5.10 Å². The minimum Gasteiger partial charge on any atom is -0.199 e.